The van der Waals surface area contributed by atoms with Gasteiger partial charge in [0.2, 0.25) is 0 Å². The van der Waals surface area contributed by atoms with E-state index in [1.54, 1.807) is 0 Å². The van der Waals surface area contributed by atoms with E-state index >= 15 is 0 Å². The van der Waals surface area contributed by atoms with Gasteiger partial charge in [0, 0.05) is 32.7 Å². The Hall–Kier alpha value is -1.02. The summed E-state index contributed by atoms with van der Waals surface area (Å²) in [5.41, 5.74) is 1.19. The lowest BCUT2D eigenvalue weighted by Crippen LogP contribution is -2.43. The maximum atomic E-state index is 5.86. The van der Waals surface area contributed by atoms with Crippen LogP contribution in [-0.2, 0) is 0 Å². The Morgan fingerprint density at radius 2 is 2.00 bits per heavy atom. The van der Waals surface area contributed by atoms with Crippen molar-refractivity contribution < 1.29 is 4.74 Å². The van der Waals surface area contributed by atoms with Crippen LogP contribution in [0.5, 0.6) is 5.75 Å². The summed E-state index contributed by atoms with van der Waals surface area (Å²) in [4.78, 5) is 9.54. The molecule has 26 heavy (non-hydrogen) atoms. The molecule has 0 aliphatic carbocycles. The van der Waals surface area contributed by atoms with Crippen molar-refractivity contribution in [1.29, 1.82) is 0 Å². The van der Waals surface area contributed by atoms with E-state index in [4.69, 9.17) is 4.74 Å². The van der Waals surface area contributed by atoms with Gasteiger partial charge in [-0.05, 0) is 57.3 Å². The van der Waals surface area contributed by atoms with Crippen molar-refractivity contribution in [1.82, 2.24) is 15.1 Å². The number of ether oxygens (including phenoxy) is 1. The van der Waals surface area contributed by atoms with Gasteiger partial charge in [0.25, 0.3) is 0 Å². The zero-order valence-electron chi connectivity index (χ0n) is 16.1. The number of rotatable bonds is 6. The third-order valence-electron chi connectivity index (χ3n) is 5.29. The molecule has 1 atom stereocenters. The van der Waals surface area contributed by atoms with Crippen LogP contribution in [0, 0.1) is 6.92 Å². The molecule has 146 valence electrons. The summed E-state index contributed by atoms with van der Waals surface area (Å²) in [6.45, 7) is 8.48. The predicted octanol–water partition coefficient (Wildman–Crippen LogP) is 3.13. The van der Waals surface area contributed by atoms with Crippen molar-refractivity contribution in [3.63, 3.8) is 0 Å². The fourth-order valence-electron chi connectivity index (χ4n) is 3.84. The molecule has 2 fully saturated rings. The van der Waals surface area contributed by atoms with Gasteiger partial charge in [0.05, 0.1) is 6.61 Å². The van der Waals surface area contributed by atoms with E-state index in [2.05, 4.69) is 33.1 Å². The minimum absolute atomic E-state index is 0. The van der Waals surface area contributed by atoms with Crippen LogP contribution < -0.4 is 10.1 Å². The summed E-state index contributed by atoms with van der Waals surface area (Å²) in [6, 6.07) is 8.89. The van der Waals surface area contributed by atoms with E-state index in [9.17, 15) is 0 Å². The zero-order valence-corrected chi connectivity index (χ0v) is 18.4. The van der Waals surface area contributed by atoms with Crippen LogP contribution in [0.4, 0.5) is 0 Å². The second-order valence-corrected chi connectivity index (χ2v) is 7.07. The van der Waals surface area contributed by atoms with Gasteiger partial charge in [-0.1, -0.05) is 18.2 Å². The van der Waals surface area contributed by atoms with Gasteiger partial charge in [0.1, 0.15) is 5.75 Å². The SMILES string of the molecule is CN=C(NCCCOc1ccccc1C)N1CCC(N2CCCC2)C1.I. The molecule has 0 radical (unpaired) electrons. The number of aliphatic imine (C=N–C) groups is 1. The van der Waals surface area contributed by atoms with Gasteiger partial charge in [0.15, 0.2) is 5.96 Å². The highest BCUT2D eigenvalue weighted by Gasteiger charge is 2.30. The first-order chi connectivity index (χ1) is 12.3. The minimum atomic E-state index is 0. The molecule has 1 aromatic rings. The van der Waals surface area contributed by atoms with Crippen molar-refractivity contribution in [3.8, 4) is 5.75 Å². The minimum Gasteiger partial charge on any atom is -0.493 e. The molecular weight excluding hydrogens is 439 g/mol. The number of halogens is 1. The monoisotopic (exact) mass is 472 g/mol. The first kappa shape index (κ1) is 21.3. The van der Waals surface area contributed by atoms with Gasteiger partial charge >= 0.3 is 0 Å². The number of nitrogens with zero attached hydrogens (tertiary/aromatic N) is 3. The topological polar surface area (TPSA) is 40.1 Å². The number of nitrogens with one attached hydrogen (secondary N) is 1. The number of aryl methyl sites for hydroxylation is 1. The first-order valence-electron chi connectivity index (χ1n) is 9.66. The van der Waals surface area contributed by atoms with E-state index in [-0.39, 0.29) is 24.0 Å². The van der Waals surface area contributed by atoms with E-state index < -0.39 is 0 Å². The largest absolute Gasteiger partial charge is 0.493 e. The lowest BCUT2D eigenvalue weighted by atomic mass is 10.2. The first-order valence-corrected chi connectivity index (χ1v) is 9.66. The summed E-state index contributed by atoms with van der Waals surface area (Å²) in [5.74, 6) is 2.03. The molecule has 5 nitrogen and oxygen atoms in total. The van der Waals surface area contributed by atoms with Crippen LogP contribution in [0.1, 0.15) is 31.2 Å². The van der Waals surface area contributed by atoms with Gasteiger partial charge in [-0.2, -0.15) is 0 Å². The highest BCUT2D eigenvalue weighted by Crippen LogP contribution is 2.20. The number of hydrogen-bond acceptors (Lipinski definition) is 3. The Morgan fingerprint density at radius 3 is 2.73 bits per heavy atom. The van der Waals surface area contributed by atoms with Crippen LogP contribution in [0.25, 0.3) is 0 Å². The van der Waals surface area contributed by atoms with Crippen LogP contribution >= 0.6 is 24.0 Å². The van der Waals surface area contributed by atoms with Crippen LogP contribution in [-0.4, -0.2) is 68.2 Å². The maximum Gasteiger partial charge on any atom is 0.193 e. The normalized spacial score (nSPS) is 20.9. The molecule has 0 bridgehead atoms. The van der Waals surface area contributed by atoms with Crippen molar-refractivity contribution in [2.75, 3.05) is 46.4 Å². The molecule has 0 amide bonds. The molecular formula is C20H33IN4O. The molecule has 2 heterocycles. The molecule has 6 heteroatoms. The summed E-state index contributed by atoms with van der Waals surface area (Å²) < 4.78 is 5.86. The molecule has 2 aliphatic heterocycles. The molecule has 0 saturated carbocycles. The van der Waals surface area contributed by atoms with Crippen LogP contribution in [0.15, 0.2) is 29.3 Å². The standard InChI is InChI=1S/C20H32N4O.HI/c1-17-8-3-4-9-19(17)25-15-7-11-22-20(21-2)24-14-10-18(16-24)23-12-5-6-13-23;/h3-4,8-9,18H,5-7,10-16H2,1-2H3,(H,21,22);1H. The average Bonchev–Trinajstić information content (AvgIpc) is 3.31. The second-order valence-electron chi connectivity index (χ2n) is 7.07. The third kappa shape index (κ3) is 5.74. The summed E-state index contributed by atoms with van der Waals surface area (Å²) in [6.07, 6.45) is 4.96. The molecule has 2 saturated heterocycles. The second kappa shape index (κ2) is 11.0. The van der Waals surface area contributed by atoms with E-state index in [0.717, 1.165) is 44.4 Å². The number of benzene rings is 1. The fraction of sp³-hybridized carbons (Fsp3) is 0.650. The lowest BCUT2D eigenvalue weighted by molar-refractivity contribution is 0.249. The van der Waals surface area contributed by atoms with Crippen molar-refractivity contribution in [3.05, 3.63) is 29.8 Å². The Bertz CT molecular complexity index is 575. The van der Waals surface area contributed by atoms with E-state index in [1.807, 2.05) is 25.2 Å². The summed E-state index contributed by atoms with van der Waals surface area (Å²) >= 11 is 0. The Kier molecular flexibility index (Phi) is 8.98. The Balaban J connectivity index is 0.00000243. The highest BCUT2D eigenvalue weighted by molar-refractivity contribution is 14.0. The lowest BCUT2D eigenvalue weighted by Gasteiger charge is -2.25. The van der Waals surface area contributed by atoms with E-state index in [1.165, 1.54) is 37.9 Å². The quantitative estimate of drug-likeness (QED) is 0.299. The summed E-state index contributed by atoms with van der Waals surface area (Å²) in [5, 5.41) is 3.50. The Morgan fingerprint density at radius 1 is 1.23 bits per heavy atom. The molecule has 3 rings (SSSR count). The van der Waals surface area contributed by atoms with Crippen molar-refractivity contribution in [2.45, 2.75) is 38.6 Å². The molecule has 1 aromatic carbocycles. The molecule has 1 N–H and O–H groups in total. The number of hydrogen-bond donors (Lipinski definition) is 1. The summed E-state index contributed by atoms with van der Waals surface area (Å²) in [7, 11) is 1.88. The van der Waals surface area contributed by atoms with Gasteiger partial charge in [-0.15, -0.1) is 24.0 Å². The van der Waals surface area contributed by atoms with Gasteiger partial charge in [-0.25, -0.2) is 0 Å². The number of guanidine groups is 1. The molecule has 1 unspecified atom stereocenters. The van der Waals surface area contributed by atoms with Crippen molar-refractivity contribution in [2.24, 2.45) is 4.99 Å². The smallest absolute Gasteiger partial charge is 0.193 e. The Labute approximate surface area is 175 Å². The molecule has 2 aliphatic rings. The van der Waals surface area contributed by atoms with E-state index in [0.29, 0.717) is 6.04 Å². The van der Waals surface area contributed by atoms with Gasteiger partial charge < -0.3 is 15.0 Å². The maximum absolute atomic E-state index is 5.86. The highest BCUT2D eigenvalue weighted by atomic mass is 127. The number of para-hydroxylation sites is 1. The van der Waals surface area contributed by atoms with Crippen molar-refractivity contribution >= 4 is 29.9 Å². The van der Waals surface area contributed by atoms with Gasteiger partial charge in [-0.3, -0.25) is 9.89 Å². The third-order valence-corrected chi connectivity index (χ3v) is 5.29. The fourth-order valence-corrected chi connectivity index (χ4v) is 3.84. The molecule has 0 aromatic heterocycles. The van der Waals surface area contributed by atoms with Crippen LogP contribution in [0.2, 0.25) is 0 Å². The average molecular weight is 472 g/mol. The zero-order chi connectivity index (χ0) is 17.5. The van der Waals surface area contributed by atoms with Crippen LogP contribution in [0.3, 0.4) is 0 Å². The molecule has 0 spiro atoms. The number of likely N-dealkylation sites (tertiary alicyclic amines) is 2. The predicted molar refractivity (Wildman–Crippen MR) is 119 cm³/mol.